The maximum absolute atomic E-state index is 12.5. The number of rotatable bonds is 16. The van der Waals surface area contributed by atoms with Gasteiger partial charge in [-0.1, -0.05) is 79.6 Å². The van der Waals surface area contributed by atoms with Gasteiger partial charge in [0.25, 0.3) is 0 Å². The molecule has 7 heteroatoms. The van der Waals surface area contributed by atoms with Gasteiger partial charge in [-0.3, -0.25) is 9.79 Å². The van der Waals surface area contributed by atoms with E-state index >= 15 is 0 Å². The summed E-state index contributed by atoms with van der Waals surface area (Å²) < 4.78 is 0. The Morgan fingerprint density at radius 3 is 1.93 bits per heavy atom. The van der Waals surface area contributed by atoms with Crippen molar-refractivity contribution in [2.24, 2.45) is 16.8 Å². The summed E-state index contributed by atoms with van der Waals surface area (Å²) in [5.74, 6) is -1.87. The number of aliphatic imine (C=N–C) groups is 1. The number of amides is 1. The van der Waals surface area contributed by atoms with Crippen LogP contribution in [0.4, 0.5) is 0 Å². The van der Waals surface area contributed by atoms with E-state index in [1.807, 2.05) is 13.8 Å². The van der Waals surface area contributed by atoms with Crippen molar-refractivity contribution in [3.05, 3.63) is 0 Å². The topological polar surface area (TPSA) is 102 Å². The molecule has 0 aromatic heterocycles. The van der Waals surface area contributed by atoms with Gasteiger partial charge in [0.15, 0.2) is 0 Å². The van der Waals surface area contributed by atoms with Gasteiger partial charge in [0, 0.05) is 0 Å². The van der Waals surface area contributed by atoms with E-state index in [9.17, 15) is 19.8 Å². The summed E-state index contributed by atoms with van der Waals surface area (Å²) in [6, 6.07) is -1.79. The normalized spacial score (nSPS) is 13.8. The Morgan fingerprint density at radius 1 is 0.966 bits per heavy atom. The molecule has 0 rings (SSSR count). The van der Waals surface area contributed by atoms with Gasteiger partial charge in [0.05, 0.1) is 0 Å². The number of carboxylic acid groups (broad SMARTS) is 1. The second kappa shape index (κ2) is 18.2. The van der Waals surface area contributed by atoms with Crippen LogP contribution in [0.25, 0.3) is 0 Å². The Labute approximate surface area is 199 Å². The van der Waals surface area contributed by atoms with Crippen molar-refractivity contribution < 1.29 is 49.4 Å². The third-order valence-corrected chi connectivity index (χ3v) is 4.77. The van der Waals surface area contributed by atoms with Crippen molar-refractivity contribution in [2.45, 2.75) is 111 Å². The number of aliphatic carboxylic acids is 1. The molecule has 0 fully saturated rings. The summed E-state index contributed by atoms with van der Waals surface area (Å²) in [6.07, 6.45) is 9.97. The van der Waals surface area contributed by atoms with Crippen molar-refractivity contribution in [2.75, 3.05) is 0 Å². The quantitative estimate of drug-likeness (QED) is 0.168. The van der Waals surface area contributed by atoms with Crippen LogP contribution in [-0.2, 0) is 9.59 Å². The summed E-state index contributed by atoms with van der Waals surface area (Å²) in [4.78, 5) is 27.9. The van der Waals surface area contributed by atoms with Crippen LogP contribution in [0.3, 0.4) is 0 Å². The van der Waals surface area contributed by atoms with Crippen LogP contribution < -0.4 is 40.0 Å². The first-order valence-electron chi connectivity index (χ1n) is 11.0. The Kier molecular flexibility index (Phi) is 19.2. The summed E-state index contributed by atoms with van der Waals surface area (Å²) in [7, 11) is 0. The number of carbonyl (C=O) groups excluding carboxylic acids is 1. The monoisotopic (exact) mass is 420 g/mol. The van der Waals surface area contributed by atoms with Crippen molar-refractivity contribution in [3.63, 3.8) is 0 Å². The minimum absolute atomic E-state index is 0. The zero-order chi connectivity index (χ0) is 21.5. The number of carbonyl (C=O) groups is 2. The van der Waals surface area contributed by atoms with Gasteiger partial charge in [-0.05, 0) is 37.0 Å². The van der Waals surface area contributed by atoms with E-state index < -0.39 is 24.0 Å². The molecule has 0 bridgehead atoms. The molecule has 0 aliphatic heterocycles. The minimum atomic E-state index is -1.07. The van der Waals surface area contributed by atoms with Crippen LogP contribution in [0.1, 0.15) is 98.8 Å². The number of unbranched alkanes of at least 4 members (excludes halogenated alkanes) is 7. The Bertz CT molecular complexity index is 481. The third kappa shape index (κ3) is 15.9. The predicted octanol–water partition coefficient (Wildman–Crippen LogP) is 0.920. The number of hydrogen-bond donors (Lipinski definition) is 2. The SMILES string of the molecule is CCCCCCCCCCC([O-])=N[C@@H](CC(C)C)C(=O)N[C@H](C(=O)O)C(C)C.[Na+]. The second-order valence-electron chi connectivity index (χ2n) is 8.46. The molecule has 0 heterocycles. The van der Waals surface area contributed by atoms with Crippen LogP contribution in [-0.4, -0.2) is 35.0 Å². The van der Waals surface area contributed by atoms with Crippen LogP contribution in [0.2, 0.25) is 0 Å². The summed E-state index contributed by atoms with van der Waals surface area (Å²) in [6.45, 7) is 9.58. The number of nitrogens with one attached hydrogen (secondary N) is 1. The molecular formula is C22H41N2NaO4. The minimum Gasteiger partial charge on any atom is -0.862 e. The number of hydrogen-bond acceptors (Lipinski definition) is 4. The van der Waals surface area contributed by atoms with Gasteiger partial charge in [-0.25, -0.2) is 4.79 Å². The second-order valence-corrected chi connectivity index (χ2v) is 8.46. The van der Waals surface area contributed by atoms with Gasteiger partial charge >= 0.3 is 35.5 Å². The molecule has 2 N–H and O–H groups in total. The van der Waals surface area contributed by atoms with E-state index in [1.54, 1.807) is 13.8 Å². The largest absolute Gasteiger partial charge is 1.00 e. The fourth-order valence-corrected chi connectivity index (χ4v) is 3.08. The molecule has 0 aromatic carbocycles. The molecule has 29 heavy (non-hydrogen) atoms. The van der Waals surface area contributed by atoms with Crippen molar-refractivity contribution >= 4 is 17.8 Å². The first kappa shape index (κ1) is 30.6. The molecular weight excluding hydrogens is 379 g/mol. The molecule has 6 nitrogen and oxygen atoms in total. The average molecular weight is 421 g/mol. The van der Waals surface area contributed by atoms with E-state index in [2.05, 4.69) is 17.2 Å². The fraction of sp³-hybridized carbons (Fsp3) is 0.864. The first-order valence-corrected chi connectivity index (χ1v) is 11.0. The molecule has 0 saturated carbocycles. The fourth-order valence-electron chi connectivity index (χ4n) is 3.08. The van der Waals surface area contributed by atoms with Gasteiger partial charge in [0.1, 0.15) is 12.1 Å². The predicted molar refractivity (Wildman–Crippen MR) is 112 cm³/mol. The standard InChI is InChI=1S/C22H42N2O4.Na/c1-6-7-8-9-10-11-12-13-14-19(25)23-18(15-16(2)3)21(26)24-20(17(4)5)22(27)28;/h16-18,20H,6-15H2,1-5H3,(H,23,25)(H,24,26)(H,27,28);/q;+1/p-1/t18-,20-;/m0./s1. The van der Waals surface area contributed by atoms with Crippen LogP contribution in [0, 0.1) is 11.8 Å². The van der Waals surface area contributed by atoms with Crippen molar-refractivity contribution in [1.29, 1.82) is 0 Å². The molecule has 0 aliphatic rings. The number of nitrogens with zero attached hydrogens (tertiary/aromatic N) is 1. The Hall–Kier alpha value is -0.590. The maximum Gasteiger partial charge on any atom is 1.00 e. The van der Waals surface area contributed by atoms with Crippen LogP contribution >= 0.6 is 0 Å². The summed E-state index contributed by atoms with van der Waals surface area (Å²) in [5.41, 5.74) is 0. The van der Waals surface area contributed by atoms with E-state index in [-0.39, 0.29) is 47.3 Å². The van der Waals surface area contributed by atoms with E-state index in [1.165, 1.54) is 32.1 Å². The van der Waals surface area contributed by atoms with E-state index in [0.29, 0.717) is 12.8 Å². The van der Waals surface area contributed by atoms with E-state index in [4.69, 9.17) is 0 Å². The van der Waals surface area contributed by atoms with Gasteiger partial charge < -0.3 is 15.5 Å². The Morgan fingerprint density at radius 2 is 1.48 bits per heavy atom. The first-order chi connectivity index (χ1) is 13.2. The Balaban J connectivity index is 0. The van der Waals surface area contributed by atoms with Gasteiger partial charge in [-0.2, -0.15) is 0 Å². The molecule has 0 aliphatic carbocycles. The molecule has 0 unspecified atom stereocenters. The molecule has 0 aromatic rings. The van der Waals surface area contributed by atoms with Crippen LogP contribution in [0.15, 0.2) is 4.99 Å². The third-order valence-electron chi connectivity index (χ3n) is 4.77. The van der Waals surface area contributed by atoms with Gasteiger partial charge in [-0.15, -0.1) is 0 Å². The van der Waals surface area contributed by atoms with Crippen LogP contribution in [0.5, 0.6) is 0 Å². The summed E-state index contributed by atoms with van der Waals surface area (Å²) >= 11 is 0. The smallest absolute Gasteiger partial charge is 0.862 e. The summed E-state index contributed by atoms with van der Waals surface area (Å²) in [5, 5.41) is 24.0. The molecule has 1 amide bonds. The molecule has 164 valence electrons. The molecule has 0 saturated heterocycles. The van der Waals surface area contributed by atoms with Crippen molar-refractivity contribution in [3.8, 4) is 0 Å². The molecule has 0 radical (unpaired) electrons. The molecule has 0 spiro atoms. The number of carboxylic acids is 1. The maximum atomic E-state index is 12.5. The zero-order valence-electron chi connectivity index (χ0n) is 19.5. The molecule has 2 atom stereocenters. The van der Waals surface area contributed by atoms with Gasteiger partial charge in [0.2, 0.25) is 5.91 Å². The van der Waals surface area contributed by atoms with E-state index in [0.717, 1.165) is 19.3 Å². The van der Waals surface area contributed by atoms with Crippen molar-refractivity contribution in [1.82, 2.24) is 5.32 Å². The zero-order valence-corrected chi connectivity index (χ0v) is 21.5. The average Bonchev–Trinajstić information content (AvgIpc) is 2.60.